The second-order valence-corrected chi connectivity index (χ2v) is 5.12. The lowest BCUT2D eigenvalue weighted by Gasteiger charge is -2.11. The molecule has 0 fully saturated rings. The largest absolute Gasteiger partial charge is 0.478 e. The van der Waals surface area contributed by atoms with Crippen LogP contribution in [0.25, 0.3) is 11.1 Å². The van der Waals surface area contributed by atoms with E-state index < -0.39 is 5.97 Å². The normalized spacial score (nSPS) is 10.4. The Morgan fingerprint density at radius 1 is 1.06 bits per heavy atom. The fraction of sp³-hybridized carbons (Fsp3) is 0.133. The fourth-order valence-electron chi connectivity index (χ4n) is 2.05. The topological polar surface area (TPSA) is 37.3 Å². The zero-order valence-corrected chi connectivity index (χ0v) is 11.8. The monoisotopic (exact) mass is 304 g/mol. The molecule has 0 spiro atoms. The van der Waals surface area contributed by atoms with Crippen molar-refractivity contribution in [3.8, 4) is 11.1 Å². The average molecular weight is 305 g/mol. The lowest BCUT2D eigenvalue weighted by atomic mass is 9.95. The standard InChI is InChI=1S/C15H13BrO2/c1-9-7-10(2)13(15(17)18)8-12(9)11-5-3-4-6-14(11)16/h3-8H,1-2H3,(H,17,18). The number of carbonyl (C=O) groups is 1. The van der Waals surface area contributed by atoms with Crippen molar-refractivity contribution < 1.29 is 9.90 Å². The van der Waals surface area contributed by atoms with Gasteiger partial charge in [-0.1, -0.05) is 40.2 Å². The minimum Gasteiger partial charge on any atom is -0.478 e. The summed E-state index contributed by atoms with van der Waals surface area (Å²) in [5, 5.41) is 9.19. The molecule has 3 heteroatoms. The molecular formula is C15H13BrO2. The quantitative estimate of drug-likeness (QED) is 0.891. The summed E-state index contributed by atoms with van der Waals surface area (Å²) in [4.78, 5) is 11.2. The number of benzene rings is 2. The number of carboxylic acid groups (broad SMARTS) is 1. The maximum Gasteiger partial charge on any atom is 0.335 e. The van der Waals surface area contributed by atoms with Crippen LogP contribution < -0.4 is 0 Å². The van der Waals surface area contributed by atoms with Crippen LogP contribution in [-0.2, 0) is 0 Å². The molecular weight excluding hydrogens is 292 g/mol. The van der Waals surface area contributed by atoms with Crippen molar-refractivity contribution in [1.82, 2.24) is 0 Å². The number of carboxylic acids is 1. The molecule has 1 N–H and O–H groups in total. The first-order chi connectivity index (χ1) is 8.50. The van der Waals surface area contributed by atoms with Crippen molar-refractivity contribution in [2.75, 3.05) is 0 Å². The third-order valence-corrected chi connectivity index (χ3v) is 3.66. The predicted octanol–water partition coefficient (Wildman–Crippen LogP) is 4.43. The summed E-state index contributed by atoms with van der Waals surface area (Å²) in [5.74, 6) is -0.888. The molecule has 0 bridgehead atoms. The maximum absolute atomic E-state index is 11.2. The van der Waals surface area contributed by atoms with E-state index in [1.54, 1.807) is 6.07 Å². The van der Waals surface area contributed by atoms with Crippen molar-refractivity contribution in [2.24, 2.45) is 0 Å². The SMILES string of the molecule is Cc1cc(C)c(-c2ccccc2Br)cc1C(=O)O. The Hall–Kier alpha value is -1.61. The number of aryl methyl sites for hydroxylation is 2. The summed E-state index contributed by atoms with van der Waals surface area (Å²) < 4.78 is 0.966. The number of aromatic carboxylic acids is 1. The van der Waals surface area contributed by atoms with E-state index >= 15 is 0 Å². The Labute approximate surface area is 114 Å². The van der Waals surface area contributed by atoms with Crippen LogP contribution in [0.4, 0.5) is 0 Å². The van der Waals surface area contributed by atoms with Crippen LogP contribution in [0.2, 0.25) is 0 Å². The number of halogens is 1. The molecule has 2 rings (SSSR count). The zero-order valence-electron chi connectivity index (χ0n) is 10.2. The van der Waals surface area contributed by atoms with Crippen molar-refractivity contribution in [2.45, 2.75) is 13.8 Å². The zero-order chi connectivity index (χ0) is 13.3. The number of hydrogen-bond acceptors (Lipinski definition) is 1. The average Bonchev–Trinajstić information content (AvgIpc) is 2.30. The second kappa shape index (κ2) is 4.94. The molecule has 0 radical (unpaired) electrons. The molecule has 2 aromatic rings. The molecule has 2 aromatic carbocycles. The molecule has 0 saturated heterocycles. The van der Waals surface area contributed by atoms with Crippen LogP contribution in [-0.4, -0.2) is 11.1 Å². The van der Waals surface area contributed by atoms with Crippen LogP contribution in [0.3, 0.4) is 0 Å². The van der Waals surface area contributed by atoms with Crippen LogP contribution in [0.15, 0.2) is 40.9 Å². The third kappa shape index (κ3) is 2.31. The minimum atomic E-state index is -0.888. The van der Waals surface area contributed by atoms with E-state index in [0.717, 1.165) is 26.7 Å². The van der Waals surface area contributed by atoms with Crippen molar-refractivity contribution >= 4 is 21.9 Å². The minimum absolute atomic E-state index is 0.353. The van der Waals surface area contributed by atoms with Crippen LogP contribution in [0, 0.1) is 13.8 Å². The van der Waals surface area contributed by atoms with E-state index in [1.807, 2.05) is 44.2 Å². The Morgan fingerprint density at radius 2 is 1.72 bits per heavy atom. The van der Waals surface area contributed by atoms with Crippen molar-refractivity contribution in [3.63, 3.8) is 0 Å². The molecule has 2 nitrogen and oxygen atoms in total. The molecule has 0 aromatic heterocycles. The van der Waals surface area contributed by atoms with Gasteiger partial charge < -0.3 is 5.11 Å². The van der Waals surface area contributed by atoms with Gasteiger partial charge in [0.05, 0.1) is 5.56 Å². The molecule has 0 aliphatic heterocycles. The molecule has 92 valence electrons. The number of hydrogen-bond donors (Lipinski definition) is 1. The van der Waals surface area contributed by atoms with Crippen LogP contribution >= 0.6 is 15.9 Å². The Balaban J connectivity index is 2.69. The Kier molecular flexibility index (Phi) is 3.53. The van der Waals surface area contributed by atoms with E-state index in [0.29, 0.717) is 5.56 Å². The molecule has 0 heterocycles. The summed E-state index contributed by atoms with van der Waals surface area (Å²) in [5.41, 5.74) is 4.18. The van der Waals surface area contributed by atoms with Gasteiger partial charge in [0.15, 0.2) is 0 Å². The van der Waals surface area contributed by atoms with Gasteiger partial charge in [-0.25, -0.2) is 4.79 Å². The Morgan fingerprint density at radius 3 is 2.33 bits per heavy atom. The smallest absolute Gasteiger partial charge is 0.335 e. The molecule has 18 heavy (non-hydrogen) atoms. The van der Waals surface area contributed by atoms with Gasteiger partial charge in [-0.05, 0) is 48.2 Å². The molecule has 0 unspecified atom stereocenters. The van der Waals surface area contributed by atoms with Gasteiger partial charge in [0.25, 0.3) is 0 Å². The lowest BCUT2D eigenvalue weighted by Crippen LogP contribution is -2.01. The highest BCUT2D eigenvalue weighted by molar-refractivity contribution is 9.10. The lowest BCUT2D eigenvalue weighted by molar-refractivity contribution is 0.0696. The van der Waals surface area contributed by atoms with Crippen LogP contribution in [0.1, 0.15) is 21.5 Å². The van der Waals surface area contributed by atoms with Crippen molar-refractivity contribution in [1.29, 1.82) is 0 Å². The van der Waals surface area contributed by atoms with Gasteiger partial charge in [0, 0.05) is 4.47 Å². The van der Waals surface area contributed by atoms with Crippen molar-refractivity contribution in [3.05, 3.63) is 57.6 Å². The van der Waals surface area contributed by atoms with Gasteiger partial charge in [0.2, 0.25) is 0 Å². The summed E-state index contributed by atoms with van der Waals surface area (Å²) >= 11 is 3.50. The highest BCUT2D eigenvalue weighted by Gasteiger charge is 2.12. The highest BCUT2D eigenvalue weighted by atomic mass is 79.9. The summed E-state index contributed by atoms with van der Waals surface area (Å²) in [6.07, 6.45) is 0. The van der Waals surface area contributed by atoms with E-state index in [9.17, 15) is 9.90 Å². The molecule has 0 aliphatic carbocycles. The first kappa shape index (κ1) is 12.8. The summed E-state index contributed by atoms with van der Waals surface area (Å²) in [6.45, 7) is 3.81. The molecule has 0 amide bonds. The predicted molar refractivity (Wildman–Crippen MR) is 76.0 cm³/mol. The Bertz CT molecular complexity index is 618. The van der Waals surface area contributed by atoms with Gasteiger partial charge in [-0.15, -0.1) is 0 Å². The highest BCUT2D eigenvalue weighted by Crippen LogP contribution is 2.32. The number of rotatable bonds is 2. The maximum atomic E-state index is 11.2. The van der Waals surface area contributed by atoms with Crippen LogP contribution in [0.5, 0.6) is 0 Å². The van der Waals surface area contributed by atoms with Gasteiger partial charge in [-0.3, -0.25) is 0 Å². The first-order valence-corrected chi connectivity index (χ1v) is 6.39. The van der Waals surface area contributed by atoms with E-state index in [-0.39, 0.29) is 0 Å². The first-order valence-electron chi connectivity index (χ1n) is 5.60. The van der Waals surface area contributed by atoms with Gasteiger partial charge in [0.1, 0.15) is 0 Å². The summed E-state index contributed by atoms with van der Waals surface area (Å²) in [7, 11) is 0. The van der Waals surface area contributed by atoms with E-state index in [2.05, 4.69) is 15.9 Å². The molecule has 0 atom stereocenters. The van der Waals surface area contributed by atoms with Gasteiger partial charge in [-0.2, -0.15) is 0 Å². The summed E-state index contributed by atoms with van der Waals surface area (Å²) in [6, 6.07) is 11.5. The molecule has 0 saturated carbocycles. The third-order valence-electron chi connectivity index (χ3n) is 2.97. The fourth-order valence-corrected chi connectivity index (χ4v) is 2.55. The molecule has 0 aliphatic rings. The van der Waals surface area contributed by atoms with E-state index in [1.165, 1.54) is 0 Å². The second-order valence-electron chi connectivity index (χ2n) is 4.27. The van der Waals surface area contributed by atoms with Gasteiger partial charge >= 0.3 is 5.97 Å². The van der Waals surface area contributed by atoms with E-state index in [4.69, 9.17) is 0 Å².